The molecule has 2 heterocycles. The van der Waals surface area contributed by atoms with Gasteiger partial charge in [0.2, 0.25) is 0 Å². The minimum absolute atomic E-state index is 0.307. The lowest BCUT2D eigenvalue weighted by Crippen LogP contribution is -2.18. The summed E-state index contributed by atoms with van der Waals surface area (Å²) in [5.41, 5.74) is 6.00. The van der Waals surface area contributed by atoms with E-state index in [1.165, 1.54) is 22.3 Å². The van der Waals surface area contributed by atoms with Gasteiger partial charge < -0.3 is 10.2 Å². The topological polar surface area (TPSA) is 46.9 Å². The van der Waals surface area contributed by atoms with Gasteiger partial charge in [-0.25, -0.2) is 0 Å². The number of aliphatic hydroxyl groups is 2. The highest BCUT2D eigenvalue weighted by atomic mass is 16.3. The van der Waals surface area contributed by atoms with Gasteiger partial charge in [0.1, 0.15) is 0 Å². The van der Waals surface area contributed by atoms with Crippen LogP contribution < -0.4 is 0 Å². The molecule has 4 nitrogen and oxygen atoms in total. The average molecular weight is 304 g/mol. The summed E-state index contributed by atoms with van der Waals surface area (Å²) in [5.74, 6) is 0. The molecule has 2 aliphatic heterocycles. The molecule has 1 aromatic rings. The molecule has 3 rings (SSSR count). The SMILES string of the molecule is OCCCCN1Cc2cc3c(cc2C1)CN(CCCCO)C3. The molecule has 0 spiro atoms. The fourth-order valence-corrected chi connectivity index (χ4v) is 3.67. The summed E-state index contributed by atoms with van der Waals surface area (Å²) in [6.45, 7) is 7.07. The first kappa shape index (κ1) is 15.9. The van der Waals surface area contributed by atoms with Gasteiger partial charge >= 0.3 is 0 Å². The van der Waals surface area contributed by atoms with E-state index in [0.717, 1.165) is 65.0 Å². The van der Waals surface area contributed by atoms with Crippen molar-refractivity contribution >= 4 is 0 Å². The number of aliphatic hydroxyl groups excluding tert-OH is 2. The van der Waals surface area contributed by atoms with E-state index >= 15 is 0 Å². The second-order valence-electron chi connectivity index (χ2n) is 6.67. The number of nitrogens with zero attached hydrogens (tertiary/aromatic N) is 2. The van der Waals surface area contributed by atoms with Gasteiger partial charge in [0.25, 0.3) is 0 Å². The Kier molecular flexibility index (Phi) is 5.47. The first-order valence-electron chi connectivity index (χ1n) is 8.60. The molecule has 0 aromatic heterocycles. The number of rotatable bonds is 8. The Morgan fingerprint density at radius 2 is 1.00 bits per heavy atom. The molecular formula is C18H28N2O2. The van der Waals surface area contributed by atoms with Crippen LogP contribution in [0.15, 0.2) is 12.1 Å². The minimum atomic E-state index is 0.307. The summed E-state index contributed by atoms with van der Waals surface area (Å²) in [7, 11) is 0. The smallest absolute Gasteiger partial charge is 0.0431 e. The lowest BCUT2D eigenvalue weighted by molar-refractivity contribution is 0.243. The Morgan fingerprint density at radius 1 is 0.636 bits per heavy atom. The molecule has 2 N–H and O–H groups in total. The van der Waals surface area contributed by atoms with E-state index in [9.17, 15) is 0 Å². The first-order chi connectivity index (χ1) is 10.8. The Morgan fingerprint density at radius 3 is 1.32 bits per heavy atom. The van der Waals surface area contributed by atoms with Crippen LogP contribution in [0.1, 0.15) is 47.9 Å². The Balaban J connectivity index is 1.55. The zero-order valence-corrected chi connectivity index (χ0v) is 13.4. The molecule has 0 unspecified atom stereocenters. The summed E-state index contributed by atoms with van der Waals surface area (Å²) in [5, 5.41) is 17.8. The van der Waals surface area contributed by atoms with E-state index in [2.05, 4.69) is 21.9 Å². The Labute approximate surface area is 133 Å². The third kappa shape index (κ3) is 3.69. The maximum Gasteiger partial charge on any atom is 0.0431 e. The monoisotopic (exact) mass is 304 g/mol. The van der Waals surface area contributed by atoms with Crippen molar-refractivity contribution in [2.24, 2.45) is 0 Å². The molecule has 0 amide bonds. The van der Waals surface area contributed by atoms with E-state index in [4.69, 9.17) is 10.2 Å². The van der Waals surface area contributed by atoms with Crippen LogP contribution in [0.2, 0.25) is 0 Å². The van der Waals surface area contributed by atoms with Crippen LogP contribution in [0.3, 0.4) is 0 Å². The predicted molar refractivity (Wildman–Crippen MR) is 87.3 cm³/mol. The van der Waals surface area contributed by atoms with Crippen LogP contribution in [-0.2, 0) is 26.2 Å². The molecule has 0 saturated heterocycles. The van der Waals surface area contributed by atoms with E-state index in [1.807, 2.05) is 0 Å². The number of hydrogen-bond donors (Lipinski definition) is 2. The van der Waals surface area contributed by atoms with Crippen molar-refractivity contribution in [3.8, 4) is 0 Å². The summed E-state index contributed by atoms with van der Waals surface area (Å²) in [6, 6.07) is 4.84. The molecule has 0 aliphatic carbocycles. The van der Waals surface area contributed by atoms with Crippen LogP contribution in [-0.4, -0.2) is 46.3 Å². The second-order valence-corrected chi connectivity index (χ2v) is 6.67. The number of unbranched alkanes of at least 4 members (excludes halogenated alkanes) is 2. The maximum atomic E-state index is 8.89. The van der Waals surface area contributed by atoms with E-state index in [-0.39, 0.29) is 0 Å². The molecule has 1 aromatic carbocycles. The molecular weight excluding hydrogens is 276 g/mol. The van der Waals surface area contributed by atoms with Crippen molar-refractivity contribution in [2.75, 3.05) is 26.3 Å². The third-order valence-electron chi connectivity index (χ3n) is 4.86. The predicted octanol–water partition coefficient (Wildman–Crippen LogP) is 1.86. The molecule has 0 fully saturated rings. The lowest BCUT2D eigenvalue weighted by atomic mass is 10.0. The van der Waals surface area contributed by atoms with E-state index < -0.39 is 0 Å². The van der Waals surface area contributed by atoms with Gasteiger partial charge in [0, 0.05) is 39.4 Å². The summed E-state index contributed by atoms with van der Waals surface area (Å²) in [4.78, 5) is 4.99. The molecule has 0 atom stereocenters. The highest BCUT2D eigenvalue weighted by Gasteiger charge is 2.24. The summed E-state index contributed by atoms with van der Waals surface area (Å²) in [6.07, 6.45) is 3.99. The molecule has 0 saturated carbocycles. The van der Waals surface area contributed by atoms with Gasteiger partial charge in [0.15, 0.2) is 0 Å². The van der Waals surface area contributed by atoms with Crippen molar-refractivity contribution in [2.45, 2.75) is 51.9 Å². The van der Waals surface area contributed by atoms with Gasteiger partial charge in [-0.05, 0) is 61.0 Å². The zero-order chi connectivity index (χ0) is 15.4. The highest BCUT2D eigenvalue weighted by molar-refractivity contribution is 5.42. The van der Waals surface area contributed by atoms with Gasteiger partial charge in [-0.15, -0.1) is 0 Å². The summed E-state index contributed by atoms with van der Waals surface area (Å²) >= 11 is 0. The standard InChI is InChI=1S/C18H28N2O2/c21-7-3-1-5-19-11-15-9-17-13-20(6-2-4-8-22)14-18(17)10-16(15)12-19/h9-10,21-22H,1-8,11-14H2. The zero-order valence-electron chi connectivity index (χ0n) is 13.4. The lowest BCUT2D eigenvalue weighted by Gasteiger charge is -2.14. The quantitative estimate of drug-likeness (QED) is 0.720. The molecule has 122 valence electrons. The van der Waals surface area contributed by atoms with Crippen molar-refractivity contribution in [1.29, 1.82) is 0 Å². The van der Waals surface area contributed by atoms with Crippen LogP contribution >= 0.6 is 0 Å². The van der Waals surface area contributed by atoms with E-state index in [1.54, 1.807) is 0 Å². The fourth-order valence-electron chi connectivity index (χ4n) is 3.67. The third-order valence-corrected chi connectivity index (χ3v) is 4.86. The number of fused-ring (bicyclic) bond motifs is 2. The van der Waals surface area contributed by atoms with Gasteiger partial charge in [-0.3, -0.25) is 9.80 Å². The molecule has 0 bridgehead atoms. The number of hydrogen-bond acceptors (Lipinski definition) is 4. The first-order valence-corrected chi connectivity index (χ1v) is 8.60. The van der Waals surface area contributed by atoms with Gasteiger partial charge in [-0.1, -0.05) is 12.1 Å². The largest absolute Gasteiger partial charge is 0.396 e. The van der Waals surface area contributed by atoms with Gasteiger partial charge in [-0.2, -0.15) is 0 Å². The average Bonchev–Trinajstić information content (AvgIpc) is 3.07. The maximum absolute atomic E-state index is 8.89. The van der Waals surface area contributed by atoms with Crippen LogP contribution in [0, 0.1) is 0 Å². The Hall–Kier alpha value is -0.940. The van der Waals surface area contributed by atoms with Crippen LogP contribution in [0.5, 0.6) is 0 Å². The highest BCUT2D eigenvalue weighted by Crippen LogP contribution is 2.31. The second kappa shape index (κ2) is 7.55. The van der Waals surface area contributed by atoms with Crippen molar-refractivity contribution in [3.05, 3.63) is 34.4 Å². The van der Waals surface area contributed by atoms with E-state index in [0.29, 0.717) is 13.2 Å². The Bertz CT molecular complexity index is 428. The minimum Gasteiger partial charge on any atom is -0.396 e. The summed E-state index contributed by atoms with van der Waals surface area (Å²) < 4.78 is 0. The van der Waals surface area contributed by atoms with Crippen molar-refractivity contribution in [3.63, 3.8) is 0 Å². The fraction of sp³-hybridized carbons (Fsp3) is 0.667. The normalized spacial score (nSPS) is 17.9. The molecule has 2 aliphatic rings. The molecule has 22 heavy (non-hydrogen) atoms. The van der Waals surface area contributed by atoms with Gasteiger partial charge in [0.05, 0.1) is 0 Å². The van der Waals surface area contributed by atoms with Crippen LogP contribution in [0.25, 0.3) is 0 Å². The van der Waals surface area contributed by atoms with Crippen molar-refractivity contribution in [1.82, 2.24) is 9.80 Å². The van der Waals surface area contributed by atoms with Crippen LogP contribution in [0.4, 0.5) is 0 Å². The molecule has 0 radical (unpaired) electrons. The number of benzene rings is 1. The van der Waals surface area contributed by atoms with Crippen molar-refractivity contribution < 1.29 is 10.2 Å². The molecule has 4 heteroatoms.